The monoisotopic (exact) mass is 1190 g/mol. The lowest BCUT2D eigenvalue weighted by molar-refractivity contribution is -0.903. The normalized spacial score (nSPS) is 11.3. The molecule has 0 N–H and O–H groups in total. The Morgan fingerprint density at radius 3 is 0.533 bits per heavy atom. The highest BCUT2D eigenvalue weighted by Crippen LogP contribution is 2.18. The molecule has 0 bridgehead atoms. The zero-order valence-corrected chi connectivity index (χ0v) is 55.3. The van der Waals surface area contributed by atoms with Crippen LogP contribution in [-0.4, -0.2) is 75.4 Å². The lowest BCUT2D eigenvalue weighted by Crippen LogP contribution is -3.00. The minimum atomic E-state index is 0. The van der Waals surface area contributed by atoms with Gasteiger partial charge in [0.2, 0.25) is 0 Å². The number of benzene rings is 3. The molecule has 0 spiro atoms. The van der Waals surface area contributed by atoms with Crippen molar-refractivity contribution in [3.05, 3.63) is 108 Å². The molecule has 0 saturated carbocycles. The molecule has 0 unspecified atom stereocenters. The van der Waals surface area contributed by atoms with Crippen molar-refractivity contribution in [2.75, 3.05) is 61.9 Å². The van der Waals surface area contributed by atoms with E-state index >= 15 is 0 Å². The minimum Gasteiger partial charge on any atom is -1.00 e. The van der Waals surface area contributed by atoms with Gasteiger partial charge in [-0.3, -0.25) is 0 Å². The molecule has 0 atom stereocenters. The summed E-state index contributed by atoms with van der Waals surface area (Å²) in [5.41, 5.74) is 4.38. The Bertz CT molecular complexity index is 1350. The van der Waals surface area contributed by atoms with E-state index < -0.39 is 0 Å². The maximum absolute atomic E-state index is 2.37. The molecule has 6 heteroatoms. The summed E-state index contributed by atoms with van der Waals surface area (Å²) >= 11 is 0. The van der Waals surface area contributed by atoms with Gasteiger partial charge in [-0.1, -0.05) is 304 Å². The van der Waals surface area contributed by atoms with Crippen LogP contribution in [0.1, 0.15) is 269 Å². The number of quaternary nitrogens is 3. The smallest absolute Gasteiger partial charge is 0.104 e. The van der Waals surface area contributed by atoms with Gasteiger partial charge in [-0.25, -0.2) is 0 Å². The Balaban J connectivity index is -0.00000102. The van der Waals surface area contributed by atoms with E-state index in [9.17, 15) is 0 Å². The second-order valence-corrected chi connectivity index (χ2v) is 24.6. The Morgan fingerprint density at radius 2 is 0.373 bits per heavy atom. The molecule has 0 aliphatic rings. The topological polar surface area (TPSA) is 0 Å². The molecule has 0 radical (unpaired) electrons. The molecule has 3 rings (SSSR count). The molecular formula is C69H126Br2ClN3. The van der Waals surface area contributed by atoms with Crippen LogP contribution in [0.5, 0.6) is 0 Å². The maximum atomic E-state index is 2.37. The van der Waals surface area contributed by atoms with Gasteiger partial charge in [0, 0.05) is 16.7 Å². The third-order valence-corrected chi connectivity index (χ3v) is 15.2. The fourth-order valence-corrected chi connectivity index (χ4v) is 10.6. The van der Waals surface area contributed by atoms with Crippen LogP contribution in [0.4, 0.5) is 0 Å². The van der Waals surface area contributed by atoms with Crippen molar-refractivity contribution < 1.29 is 59.8 Å². The summed E-state index contributed by atoms with van der Waals surface area (Å²) in [6.45, 7) is 14.2. The Labute approximate surface area is 497 Å². The van der Waals surface area contributed by atoms with Crippen LogP contribution in [0, 0.1) is 0 Å². The lowest BCUT2D eigenvalue weighted by atomic mass is 10.1. The van der Waals surface area contributed by atoms with Crippen molar-refractivity contribution in [1.82, 2.24) is 0 Å². The van der Waals surface area contributed by atoms with Gasteiger partial charge in [0.1, 0.15) is 19.6 Å². The van der Waals surface area contributed by atoms with Crippen molar-refractivity contribution in [3.63, 3.8) is 0 Å². The average molecular weight is 1190 g/mol. The zero-order valence-electron chi connectivity index (χ0n) is 51.3. The van der Waals surface area contributed by atoms with Crippen molar-refractivity contribution in [1.29, 1.82) is 0 Å². The van der Waals surface area contributed by atoms with E-state index in [1.54, 1.807) is 0 Å². The van der Waals surface area contributed by atoms with E-state index in [0.29, 0.717) is 0 Å². The lowest BCUT2D eigenvalue weighted by Gasteiger charge is -2.30. The quantitative estimate of drug-likeness (QED) is 0.0391. The van der Waals surface area contributed by atoms with Crippen LogP contribution >= 0.6 is 0 Å². The number of halogens is 3. The van der Waals surface area contributed by atoms with E-state index in [4.69, 9.17) is 0 Å². The van der Waals surface area contributed by atoms with Crippen LogP contribution in [0.25, 0.3) is 0 Å². The molecule has 0 aliphatic heterocycles. The molecule has 0 saturated heterocycles. The SMILES string of the molecule is CCCCCCCCCCCCCC[N+](C)(C)Cc1ccccc1.CCCCCCCCCCCCCC[N+](C)(C)Cc1ccccc1.CCCCCCCCCCCCCC[N+](C)(C)Cc1ccccc1.[Br-].[Br-].[Cl-]. The van der Waals surface area contributed by atoms with Gasteiger partial charge in [-0.2, -0.15) is 0 Å². The first-order valence-corrected chi connectivity index (χ1v) is 31.5. The van der Waals surface area contributed by atoms with Gasteiger partial charge in [-0.15, -0.1) is 0 Å². The van der Waals surface area contributed by atoms with Gasteiger partial charge >= 0.3 is 0 Å². The summed E-state index contributed by atoms with van der Waals surface area (Å²) in [6, 6.07) is 32.7. The van der Waals surface area contributed by atoms with Crippen LogP contribution in [0.3, 0.4) is 0 Å². The maximum Gasteiger partial charge on any atom is 0.104 e. The highest BCUT2D eigenvalue weighted by molar-refractivity contribution is 5.14. The molecule has 75 heavy (non-hydrogen) atoms. The van der Waals surface area contributed by atoms with Gasteiger partial charge in [0.05, 0.1) is 61.9 Å². The minimum absolute atomic E-state index is 0. The van der Waals surface area contributed by atoms with Gasteiger partial charge < -0.3 is 59.8 Å². The van der Waals surface area contributed by atoms with Crippen molar-refractivity contribution in [2.45, 2.75) is 272 Å². The molecule has 3 aromatic rings. The van der Waals surface area contributed by atoms with Gasteiger partial charge in [0.15, 0.2) is 0 Å². The Kier molecular flexibility index (Phi) is 56.9. The fraction of sp³-hybridized carbons (Fsp3) is 0.739. The van der Waals surface area contributed by atoms with Crippen LogP contribution < -0.4 is 46.4 Å². The highest BCUT2D eigenvalue weighted by atomic mass is 79.9. The van der Waals surface area contributed by atoms with Gasteiger partial charge in [-0.05, 0) is 38.5 Å². The van der Waals surface area contributed by atoms with Crippen molar-refractivity contribution >= 4 is 0 Å². The predicted molar refractivity (Wildman–Crippen MR) is 325 cm³/mol. The molecule has 3 nitrogen and oxygen atoms in total. The summed E-state index contributed by atoms with van der Waals surface area (Å²) in [5.74, 6) is 0. The predicted octanol–water partition coefficient (Wildman–Crippen LogP) is 11.9. The largest absolute Gasteiger partial charge is 1.00 e. The molecule has 0 aliphatic carbocycles. The number of hydrogen-bond acceptors (Lipinski definition) is 0. The number of hydrogen-bond donors (Lipinski definition) is 0. The van der Waals surface area contributed by atoms with Gasteiger partial charge in [0.25, 0.3) is 0 Å². The molecule has 0 heterocycles. The Hall–Kier alpha value is -1.21. The zero-order chi connectivity index (χ0) is 52.5. The van der Waals surface area contributed by atoms with E-state index in [1.165, 1.54) is 267 Å². The summed E-state index contributed by atoms with van der Waals surface area (Å²) in [7, 11) is 14.2. The van der Waals surface area contributed by atoms with Crippen molar-refractivity contribution in [2.24, 2.45) is 0 Å². The molecule has 3 aromatic carbocycles. The van der Waals surface area contributed by atoms with E-state index in [2.05, 4.69) is 154 Å². The second kappa shape index (κ2) is 54.7. The molecule has 0 aromatic heterocycles. The fourth-order valence-electron chi connectivity index (χ4n) is 10.6. The first-order chi connectivity index (χ1) is 34.9. The summed E-state index contributed by atoms with van der Waals surface area (Å²) < 4.78 is 3.34. The van der Waals surface area contributed by atoms with Crippen LogP contribution in [0.15, 0.2) is 91.0 Å². The highest BCUT2D eigenvalue weighted by Gasteiger charge is 2.17. The molecule has 0 fully saturated rings. The Morgan fingerprint density at radius 1 is 0.227 bits per heavy atom. The molecular weight excluding hydrogens is 1070 g/mol. The standard InChI is InChI=1S/3C23H42N.2BrH.ClH/c3*1-4-5-6-7-8-9-10-11-12-13-14-18-21-24(2,3)22-23-19-16-15-17-20-23;;;/h3*15-17,19-20H,4-14,18,21-22H2,1-3H3;3*1H/q3*+1;;;/p-3. The number of nitrogens with zero attached hydrogens (tertiary/aromatic N) is 3. The van der Waals surface area contributed by atoms with E-state index in [-0.39, 0.29) is 46.4 Å². The van der Waals surface area contributed by atoms with Crippen LogP contribution in [-0.2, 0) is 19.6 Å². The second-order valence-electron chi connectivity index (χ2n) is 24.6. The third-order valence-electron chi connectivity index (χ3n) is 15.2. The molecule has 0 amide bonds. The van der Waals surface area contributed by atoms with E-state index in [1.807, 2.05) is 0 Å². The molecule has 438 valence electrons. The summed E-state index contributed by atoms with van der Waals surface area (Å²) in [4.78, 5) is 0. The third kappa shape index (κ3) is 53.2. The first-order valence-electron chi connectivity index (χ1n) is 31.5. The van der Waals surface area contributed by atoms with E-state index in [0.717, 1.165) is 33.1 Å². The van der Waals surface area contributed by atoms with Crippen molar-refractivity contribution in [3.8, 4) is 0 Å². The summed E-state index contributed by atoms with van der Waals surface area (Å²) in [5, 5.41) is 0. The average Bonchev–Trinajstić information content (AvgIpc) is 3.36. The first kappa shape index (κ1) is 78.0. The number of rotatable bonds is 45. The summed E-state index contributed by atoms with van der Waals surface area (Å²) in [6.07, 6.45) is 51.6. The van der Waals surface area contributed by atoms with Crippen LogP contribution in [0.2, 0.25) is 0 Å². The number of unbranched alkanes of at least 4 members (excludes halogenated alkanes) is 33.